The Morgan fingerprint density at radius 1 is 1.19 bits per heavy atom. The molecule has 1 aromatic carbocycles. The first-order valence-electron chi connectivity index (χ1n) is 10.2. The fraction of sp³-hybridized carbons (Fsp3) is 0.304. The first-order valence-corrected chi connectivity index (χ1v) is 11.9. The van der Waals surface area contributed by atoms with Gasteiger partial charge in [0.1, 0.15) is 5.75 Å². The Morgan fingerprint density at radius 3 is 2.47 bits per heavy atom. The quantitative estimate of drug-likeness (QED) is 0.665. The Balaban J connectivity index is 1.86. The molecular formula is C23H25N3O5S. The molecule has 0 radical (unpaired) electrons. The summed E-state index contributed by atoms with van der Waals surface area (Å²) in [5, 5.41) is 4.61. The summed E-state index contributed by atoms with van der Waals surface area (Å²) in [5.74, 6) is 0.125. The van der Waals surface area contributed by atoms with Gasteiger partial charge in [0.25, 0.3) is 5.91 Å². The van der Waals surface area contributed by atoms with Crippen molar-refractivity contribution in [3.05, 3.63) is 77.0 Å². The fourth-order valence-corrected chi connectivity index (χ4v) is 5.61. The molecule has 3 heterocycles. The summed E-state index contributed by atoms with van der Waals surface area (Å²) < 4.78 is 38.2. The van der Waals surface area contributed by atoms with Crippen LogP contribution in [0.3, 0.4) is 0 Å². The summed E-state index contributed by atoms with van der Waals surface area (Å²) in [6.07, 6.45) is 2.81. The van der Waals surface area contributed by atoms with E-state index in [1.165, 1.54) is 12.2 Å². The maximum absolute atomic E-state index is 13.3. The predicted molar refractivity (Wildman–Crippen MR) is 121 cm³/mol. The molecule has 1 fully saturated rings. The van der Waals surface area contributed by atoms with E-state index in [1.807, 2.05) is 24.3 Å². The number of morpholine rings is 1. The van der Waals surface area contributed by atoms with Gasteiger partial charge in [0.2, 0.25) is 0 Å². The van der Waals surface area contributed by atoms with Crippen molar-refractivity contribution in [3.8, 4) is 5.75 Å². The van der Waals surface area contributed by atoms with Gasteiger partial charge in [0.05, 0.1) is 43.2 Å². The van der Waals surface area contributed by atoms with E-state index in [0.717, 1.165) is 11.3 Å². The third kappa shape index (κ3) is 3.89. The SMILES string of the molecule is C=CC1=C(C=C)S(=O)(=O)Cc2c(C(=O)N3CCOCC3)nn(Cc3ccc(OC)cc3)c21. The van der Waals surface area contributed by atoms with Crippen LogP contribution in [0.4, 0.5) is 0 Å². The topological polar surface area (TPSA) is 90.7 Å². The molecule has 2 aromatic rings. The number of benzene rings is 1. The fourth-order valence-electron chi connectivity index (χ4n) is 4.03. The average Bonchev–Trinajstić information content (AvgIpc) is 3.15. The highest BCUT2D eigenvalue weighted by Gasteiger charge is 2.36. The first-order chi connectivity index (χ1) is 15.4. The number of carbonyl (C=O) groups excluding carboxylic acids is 1. The molecule has 32 heavy (non-hydrogen) atoms. The van der Waals surface area contributed by atoms with Crippen LogP contribution in [0.15, 0.2) is 54.5 Å². The number of hydrogen-bond donors (Lipinski definition) is 0. The van der Waals surface area contributed by atoms with Gasteiger partial charge in [-0.3, -0.25) is 9.48 Å². The highest BCUT2D eigenvalue weighted by molar-refractivity contribution is 7.95. The lowest BCUT2D eigenvalue weighted by atomic mass is 10.0. The van der Waals surface area contributed by atoms with Crippen molar-refractivity contribution in [3.63, 3.8) is 0 Å². The predicted octanol–water partition coefficient (Wildman–Crippen LogP) is 2.42. The number of rotatable bonds is 6. The first kappa shape index (κ1) is 22.0. The molecule has 1 aromatic heterocycles. The second kappa shape index (κ2) is 8.76. The Labute approximate surface area is 187 Å². The number of allylic oxidation sites excluding steroid dienone is 3. The minimum absolute atomic E-state index is 0.0984. The van der Waals surface area contributed by atoms with Crippen LogP contribution < -0.4 is 4.74 Å². The zero-order chi connectivity index (χ0) is 22.9. The Kier molecular flexibility index (Phi) is 6.03. The van der Waals surface area contributed by atoms with Gasteiger partial charge in [-0.15, -0.1) is 0 Å². The Bertz CT molecular complexity index is 1200. The summed E-state index contributed by atoms with van der Waals surface area (Å²) in [6.45, 7) is 9.62. The number of carbonyl (C=O) groups is 1. The zero-order valence-electron chi connectivity index (χ0n) is 17.9. The molecule has 8 nitrogen and oxygen atoms in total. The summed E-state index contributed by atoms with van der Waals surface area (Å²) >= 11 is 0. The van der Waals surface area contributed by atoms with Crippen molar-refractivity contribution in [2.24, 2.45) is 0 Å². The summed E-state index contributed by atoms with van der Waals surface area (Å²) in [6, 6.07) is 7.49. The van der Waals surface area contributed by atoms with Gasteiger partial charge in [0, 0.05) is 24.2 Å². The monoisotopic (exact) mass is 455 g/mol. The van der Waals surface area contributed by atoms with Gasteiger partial charge in [-0.1, -0.05) is 37.4 Å². The molecule has 0 atom stereocenters. The minimum atomic E-state index is -3.68. The van der Waals surface area contributed by atoms with E-state index < -0.39 is 9.84 Å². The minimum Gasteiger partial charge on any atom is -0.497 e. The van der Waals surface area contributed by atoms with E-state index in [4.69, 9.17) is 9.47 Å². The number of sulfone groups is 1. The van der Waals surface area contributed by atoms with Crippen molar-refractivity contribution >= 4 is 21.3 Å². The molecule has 0 aliphatic carbocycles. The maximum atomic E-state index is 13.3. The molecule has 2 aliphatic rings. The van der Waals surface area contributed by atoms with Gasteiger partial charge in [-0.2, -0.15) is 5.10 Å². The van der Waals surface area contributed by atoms with Gasteiger partial charge >= 0.3 is 0 Å². The van der Waals surface area contributed by atoms with Crippen LogP contribution in [-0.4, -0.2) is 62.4 Å². The maximum Gasteiger partial charge on any atom is 0.274 e. The number of aromatic nitrogens is 2. The van der Waals surface area contributed by atoms with Crippen molar-refractivity contribution in [1.29, 1.82) is 0 Å². The Hall–Kier alpha value is -3.17. The molecule has 0 bridgehead atoms. The molecule has 1 amide bonds. The van der Waals surface area contributed by atoms with Crippen LogP contribution >= 0.6 is 0 Å². The normalized spacial score (nSPS) is 17.6. The highest BCUT2D eigenvalue weighted by Crippen LogP contribution is 2.37. The lowest BCUT2D eigenvalue weighted by Crippen LogP contribution is -2.41. The molecule has 4 rings (SSSR count). The third-order valence-electron chi connectivity index (χ3n) is 5.62. The van der Waals surface area contributed by atoms with Crippen LogP contribution in [0, 0.1) is 0 Å². The molecule has 9 heteroatoms. The molecule has 0 unspecified atom stereocenters. The van der Waals surface area contributed by atoms with Crippen LogP contribution in [0.1, 0.15) is 27.3 Å². The van der Waals surface area contributed by atoms with E-state index in [9.17, 15) is 13.2 Å². The molecule has 1 saturated heterocycles. The number of nitrogens with zero attached hydrogens (tertiary/aromatic N) is 3. The molecular weight excluding hydrogens is 430 g/mol. The molecule has 168 valence electrons. The third-order valence-corrected chi connectivity index (χ3v) is 7.35. The lowest BCUT2D eigenvalue weighted by Gasteiger charge is -2.26. The second-order valence-corrected chi connectivity index (χ2v) is 9.49. The molecule has 0 saturated carbocycles. The van der Waals surface area contributed by atoms with E-state index in [0.29, 0.717) is 49.7 Å². The van der Waals surface area contributed by atoms with Crippen LogP contribution in [-0.2, 0) is 26.9 Å². The number of hydrogen-bond acceptors (Lipinski definition) is 6. The van der Waals surface area contributed by atoms with Crippen molar-refractivity contribution in [1.82, 2.24) is 14.7 Å². The highest BCUT2D eigenvalue weighted by atomic mass is 32.2. The molecule has 0 N–H and O–H groups in total. The standard InChI is InChI=1S/C23H25N3O5S/c1-4-18-20(5-2)32(28,29)15-19-21(23(27)25-10-12-31-13-11-25)24-26(22(18)19)14-16-6-8-17(30-3)9-7-16/h4-9H,1-2,10-15H2,3H3. The molecule has 2 aliphatic heterocycles. The van der Waals surface area contributed by atoms with Crippen LogP contribution in [0.5, 0.6) is 5.75 Å². The number of ether oxygens (including phenoxy) is 2. The number of amides is 1. The number of fused-ring (bicyclic) bond motifs is 1. The smallest absolute Gasteiger partial charge is 0.274 e. The summed E-state index contributed by atoms with van der Waals surface area (Å²) in [4.78, 5) is 15.0. The largest absolute Gasteiger partial charge is 0.497 e. The zero-order valence-corrected chi connectivity index (χ0v) is 18.7. The van der Waals surface area contributed by atoms with Crippen LogP contribution in [0.25, 0.3) is 5.57 Å². The van der Waals surface area contributed by atoms with Crippen molar-refractivity contribution < 1.29 is 22.7 Å². The van der Waals surface area contributed by atoms with E-state index in [1.54, 1.807) is 16.7 Å². The summed E-state index contributed by atoms with van der Waals surface area (Å²) in [7, 11) is -2.08. The van der Waals surface area contributed by atoms with E-state index in [2.05, 4.69) is 18.3 Å². The van der Waals surface area contributed by atoms with Gasteiger partial charge in [0.15, 0.2) is 15.5 Å². The average molecular weight is 456 g/mol. The van der Waals surface area contributed by atoms with Gasteiger partial charge in [-0.25, -0.2) is 8.42 Å². The van der Waals surface area contributed by atoms with Crippen LogP contribution in [0.2, 0.25) is 0 Å². The lowest BCUT2D eigenvalue weighted by molar-refractivity contribution is 0.0298. The Morgan fingerprint density at radius 2 is 1.88 bits per heavy atom. The van der Waals surface area contributed by atoms with Gasteiger partial charge in [-0.05, 0) is 17.7 Å². The second-order valence-electron chi connectivity index (χ2n) is 7.53. The van der Waals surface area contributed by atoms with Crippen molar-refractivity contribution in [2.45, 2.75) is 12.3 Å². The van der Waals surface area contributed by atoms with E-state index in [-0.39, 0.29) is 22.3 Å². The van der Waals surface area contributed by atoms with Crippen molar-refractivity contribution in [2.75, 3.05) is 33.4 Å². The molecule has 0 spiro atoms. The number of methoxy groups -OCH3 is 1. The summed E-state index contributed by atoms with van der Waals surface area (Å²) in [5.41, 5.74) is 2.47. The van der Waals surface area contributed by atoms with Gasteiger partial charge < -0.3 is 14.4 Å². The van der Waals surface area contributed by atoms with E-state index >= 15 is 0 Å².